The van der Waals surface area contributed by atoms with E-state index in [0.717, 1.165) is 0 Å². The molecule has 0 radical (unpaired) electrons. The Balaban J connectivity index is 1.77. The van der Waals surface area contributed by atoms with Crippen LogP contribution in [0.3, 0.4) is 0 Å². The number of hydrogen-bond donors (Lipinski definition) is 1. The van der Waals surface area contributed by atoms with E-state index in [0.29, 0.717) is 27.8 Å². The molecule has 8 heteroatoms. The van der Waals surface area contributed by atoms with Crippen molar-refractivity contribution in [2.75, 3.05) is 26.1 Å². The number of amides is 1. The monoisotopic (exact) mass is 405 g/mol. The molecule has 1 N–H and O–H groups in total. The summed E-state index contributed by atoms with van der Waals surface area (Å²) >= 11 is 5.77. The Morgan fingerprint density at radius 1 is 0.929 bits per heavy atom. The van der Waals surface area contributed by atoms with Crippen LogP contribution < -0.4 is 14.8 Å². The number of halogens is 1. The fourth-order valence-corrected chi connectivity index (χ4v) is 2.45. The Morgan fingerprint density at radius 3 is 2.25 bits per heavy atom. The van der Waals surface area contributed by atoms with Gasteiger partial charge in [-0.25, -0.2) is 0 Å². The van der Waals surface area contributed by atoms with Gasteiger partial charge in [-0.1, -0.05) is 11.6 Å². The van der Waals surface area contributed by atoms with Gasteiger partial charge in [0.05, 0.1) is 20.6 Å². The zero-order valence-corrected chi connectivity index (χ0v) is 16.2. The first-order valence-corrected chi connectivity index (χ1v) is 8.77. The Labute approximate surface area is 167 Å². The van der Waals surface area contributed by atoms with Crippen molar-refractivity contribution in [3.63, 3.8) is 0 Å². The minimum absolute atomic E-state index is 0.0161. The average Bonchev–Trinajstić information content (AvgIpc) is 2.70. The largest absolute Gasteiger partial charge is 0.493 e. The number of ketones is 1. The molecule has 1 amide bonds. The van der Waals surface area contributed by atoms with Gasteiger partial charge in [0.2, 0.25) is 0 Å². The first-order valence-electron chi connectivity index (χ1n) is 8.39. The molecule has 28 heavy (non-hydrogen) atoms. The fraction of sp³-hybridized carbons (Fsp3) is 0.250. The first-order chi connectivity index (χ1) is 13.4. The lowest BCUT2D eigenvalue weighted by atomic mass is 10.1. The SMILES string of the molecule is COc1ccc(NC(=O)COC(=O)CCC(=O)c2ccc(Cl)cc2)cc1OC. The third-order valence-corrected chi connectivity index (χ3v) is 4.01. The summed E-state index contributed by atoms with van der Waals surface area (Å²) < 4.78 is 15.2. The molecule has 0 bridgehead atoms. The van der Waals surface area contributed by atoms with Gasteiger partial charge in [0.1, 0.15) is 0 Å². The smallest absolute Gasteiger partial charge is 0.306 e. The zero-order valence-electron chi connectivity index (χ0n) is 15.5. The summed E-state index contributed by atoms with van der Waals surface area (Å²) in [6, 6.07) is 11.2. The zero-order chi connectivity index (χ0) is 20.5. The minimum atomic E-state index is -0.634. The number of hydrogen-bond acceptors (Lipinski definition) is 6. The lowest BCUT2D eigenvalue weighted by Gasteiger charge is -2.10. The second-order valence-corrected chi connectivity index (χ2v) is 6.15. The molecule has 0 heterocycles. The number of rotatable bonds is 9. The van der Waals surface area contributed by atoms with E-state index in [1.165, 1.54) is 14.2 Å². The maximum atomic E-state index is 12.0. The van der Waals surface area contributed by atoms with Gasteiger partial charge in [-0.3, -0.25) is 14.4 Å². The van der Waals surface area contributed by atoms with Gasteiger partial charge in [-0.2, -0.15) is 0 Å². The summed E-state index contributed by atoms with van der Waals surface area (Å²) in [4.78, 5) is 35.7. The molecule has 148 valence electrons. The summed E-state index contributed by atoms with van der Waals surface area (Å²) in [5.41, 5.74) is 0.931. The number of benzene rings is 2. The summed E-state index contributed by atoms with van der Waals surface area (Å²) in [5, 5.41) is 3.11. The van der Waals surface area contributed by atoms with Crippen LogP contribution in [0.2, 0.25) is 5.02 Å². The molecule has 2 aromatic carbocycles. The molecule has 0 aliphatic rings. The second kappa shape index (κ2) is 10.3. The summed E-state index contributed by atoms with van der Waals surface area (Å²) in [6.07, 6.45) is -0.136. The number of esters is 1. The van der Waals surface area contributed by atoms with Gasteiger partial charge < -0.3 is 19.5 Å². The normalized spacial score (nSPS) is 10.1. The highest BCUT2D eigenvalue weighted by atomic mass is 35.5. The van der Waals surface area contributed by atoms with Gasteiger partial charge in [0, 0.05) is 28.8 Å². The highest BCUT2D eigenvalue weighted by Crippen LogP contribution is 2.29. The van der Waals surface area contributed by atoms with Crippen LogP contribution in [-0.2, 0) is 14.3 Å². The molecular weight excluding hydrogens is 386 g/mol. The lowest BCUT2D eigenvalue weighted by Crippen LogP contribution is -2.21. The van der Waals surface area contributed by atoms with Crippen molar-refractivity contribution >= 4 is 34.9 Å². The van der Waals surface area contributed by atoms with E-state index >= 15 is 0 Å². The molecule has 0 atom stereocenters. The first kappa shape index (κ1) is 21.2. The van der Waals surface area contributed by atoms with Crippen LogP contribution in [0.1, 0.15) is 23.2 Å². The molecule has 2 rings (SSSR count). The molecule has 0 spiro atoms. The number of carbonyl (C=O) groups is 3. The molecular formula is C20H20ClNO6. The molecule has 0 aromatic heterocycles. The minimum Gasteiger partial charge on any atom is -0.493 e. The highest BCUT2D eigenvalue weighted by molar-refractivity contribution is 6.30. The van der Waals surface area contributed by atoms with Crippen molar-refractivity contribution in [2.24, 2.45) is 0 Å². The molecule has 0 unspecified atom stereocenters. The Kier molecular flexibility index (Phi) is 7.83. The number of nitrogens with one attached hydrogen (secondary N) is 1. The van der Waals surface area contributed by atoms with Gasteiger partial charge in [0.15, 0.2) is 23.9 Å². The predicted octanol–water partition coefficient (Wildman–Crippen LogP) is 3.50. The molecule has 0 aliphatic heterocycles. The number of ether oxygens (including phenoxy) is 3. The van der Waals surface area contributed by atoms with E-state index in [-0.39, 0.29) is 18.6 Å². The van der Waals surface area contributed by atoms with Crippen molar-refractivity contribution in [3.8, 4) is 11.5 Å². The van der Waals surface area contributed by atoms with E-state index in [1.807, 2.05) is 0 Å². The molecule has 2 aromatic rings. The van der Waals surface area contributed by atoms with Crippen LogP contribution in [-0.4, -0.2) is 38.5 Å². The standard InChI is InChI=1S/C20H20ClNO6/c1-26-17-9-7-15(11-18(17)27-2)22-19(24)12-28-20(25)10-8-16(23)13-3-5-14(21)6-4-13/h3-7,9,11H,8,10,12H2,1-2H3,(H,22,24). The fourth-order valence-electron chi connectivity index (χ4n) is 2.32. The number of carbonyl (C=O) groups excluding carboxylic acids is 3. The molecule has 0 saturated heterocycles. The second-order valence-electron chi connectivity index (χ2n) is 5.71. The van der Waals surface area contributed by atoms with Crippen LogP contribution in [0, 0.1) is 0 Å². The maximum Gasteiger partial charge on any atom is 0.306 e. The Morgan fingerprint density at radius 2 is 1.61 bits per heavy atom. The molecule has 7 nitrogen and oxygen atoms in total. The lowest BCUT2D eigenvalue weighted by molar-refractivity contribution is -0.147. The van der Waals surface area contributed by atoms with E-state index in [9.17, 15) is 14.4 Å². The molecule has 0 aliphatic carbocycles. The maximum absolute atomic E-state index is 12.0. The third-order valence-electron chi connectivity index (χ3n) is 3.75. The van der Waals surface area contributed by atoms with Gasteiger partial charge in [0.25, 0.3) is 5.91 Å². The van der Waals surface area contributed by atoms with Crippen molar-refractivity contribution in [1.29, 1.82) is 0 Å². The van der Waals surface area contributed by atoms with Crippen molar-refractivity contribution < 1.29 is 28.6 Å². The van der Waals surface area contributed by atoms with E-state index < -0.39 is 18.5 Å². The van der Waals surface area contributed by atoms with E-state index in [1.54, 1.807) is 42.5 Å². The van der Waals surface area contributed by atoms with Gasteiger partial charge in [-0.05, 0) is 36.4 Å². The van der Waals surface area contributed by atoms with Crippen LogP contribution in [0.15, 0.2) is 42.5 Å². The van der Waals surface area contributed by atoms with Crippen molar-refractivity contribution in [3.05, 3.63) is 53.1 Å². The van der Waals surface area contributed by atoms with E-state index in [2.05, 4.69) is 5.32 Å². The van der Waals surface area contributed by atoms with Gasteiger partial charge in [-0.15, -0.1) is 0 Å². The topological polar surface area (TPSA) is 90.9 Å². The predicted molar refractivity (Wildman–Crippen MR) is 104 cm³/mol. The Bertz CT molecular complexity index is 850. The quantitative estimate of drug-likeness (QED) is 0.507. The summed E-state index contributed by atoms with van der Waals surface area (Å²) in [6.45, 7) is -0.456. The Hall–Kier alpha value is -3.06. The van der Waals surface area contributed by atoms with Crippen LogP contribution in [0.25, 0.3) is 0 Å². The van der Waals surface area contributed by atoms with Crippen molar-refractivity contribution in [1.82, 2.24) is 0 Å². The molecule has 0 fully saturated rings. The van der Waals surface area contributed by atoms with Crippen LogP contribution in [0.5, 0.6) is 11.5 Å². The van der Waals surface area contributed by atoms with Gasteiger partial charge >= 0.3 is 5.97 Å². The number of methoxy groups -OCH3 is 2. The molecule has 0 saturated carbocycles. The highest BCUT2D eigenvalue weighted by Gasteiger charge is 2.13. The van der Waals surface area contributed by atoms with E-state index in [4.69, 9.17) is 25.8 Å². The van der Waals surface area contributed by atoms with Crippen LogP contribution in [0.4, 0.5) is 5.69 Å². The summed E-state index contributed by atoms with van der Waals surface area (Å²) in [5.74, 6) is -0.368. The van der Waals surface area contributed by atoms with Crippen molar-refractivity contribution in [2.45, 2.75) is 12.8 Å². The third kappa shape index (κ3) is 6.28. The average molecular weight is 406 g/mol. The van der Waals surface area contributed by atoms with Crippen LogP contribution >= 0.6 is 11.6 Å². The number of anilines is 1. The summed E-state index contributed by atoms with van der Waals surface area (Å²) in [7, 11) is 2.99. The number of Topliss-reactive ketones (excluding diaryl/α,β-unsaturated/α-hetero) is 1.